The number of benzene rings is 2. The second-order valence-electron chi connectivity index (χ2n) is 6.56. The van der Waals surface area contributed by atoms with E-state index in [0.29, 0.717) is 34.3 Å². The summed E-state index contributed by atoms with van der Waals surface area (Å²) in [6.45, 7) is 2.16. The highest BCUT2D eigenvalue weighted by Crippen LogP contribution is 2.30. The van der Waals surface area contributed by atoms with E-state index in [0.717, 1.165) is 0 Å². The van der Waals surface area contributed by atoms with Gasteiger partial charge in [-0.05, 0) is 55.0 Å². The van der Waals surface area contributed by atoms with Crippen LogP contribution in [0.25, 0.3) is 6.08 Å². The average molecular weight is 429 g/mol. The maximum Gasteiger partial charge on any atom is 0.363 e. The fraction of sp³-hybridized carbons (Fsp3) is 0.227. The van der Waals surface area contributed by atoms with Crippen molar-refractivity contribution in [3.05, 3.63) is 64.3 Å². The highest BCUT2D eigenvalue weighted by Gasteiger charge is 2.24. The van der Waals surface area contributed by atoms with Crippen LogP contribution in [0.15, 0.2) is 53.2 Å². The Bertz CT molecular complexity index is 1010. The Morgan fingerprint density at radius 3 is 2.53 bits per heavy atom. The number of amides is 1. The van der Waals surface area contributed by atoms with Gasteiger partial charge in [-0.3, -0.25) is 4.79 Å². The van der Waals surface area contributed by atoms with Crippen LogP contribution >= 0.6 is 11.6 Å². The highest BCUT2D eigenvalue weighted by atomic mass is 35.5. The SMILES string of the molecule is CCOc1cc(/C=C2/N=C(c3ccc(Cl)cc3)OC2=O)ccc1OCC(=O)N(C)C. The van der Waals surface area contributed by atoms with Gasteiger partial charge in [0.15, 0.2) is 23.8 Å². The fourth-order valence-corrected chi connectivity index (χ4v) is 2.68. The Morgan fingerprint density at radius 2 is 1.87 bits per heavy atom. The van der Waals surface area contributed by atoms with Gasteiger partial charge in [0.05, 0.1) is 6.61 Å². The molecular weight excluding hydrogens is 408 g/mol. The minimum atomic E-state index is -0.546. The third-order valence-corrected chi connectivity index (χ3v) is 4.38. The van der Waals surface area contributed by atoms with Crippen molar-refractivity contribution in [2.45, 2.75) is 6.92 Å². The number of carbonyl (C=O) groups is 2. The van der Waals surface area contributed by atoms with Gasteiger partial charge < -0.3 is 19.1 Å². The van der Waals surface area contributed by atoms with E-state index in [1.807, 2.05) is 6.92 Å². The monoisotopic (exact) mass is 428 g/mol. The number of esters is 1. The lowest BCUT2D eigenvalue weighted by atomic mass is 10.1. The van der Waals surface area contributed by atoms with Crippen LogP contribution in [-0.4, -0.2) is 50.0 Å². The minimum absolute atomic E-state index is 0.103. The number of halogens is 1. The van der Waals surface area contributed by atoms with E-state index >= 15 is 0 Å². The zero-order valence-electron chi connectivity index (χ0n) is 16.8. The molecule has 0 saturated heterocycles. The zero-order chi connectivity index (χ0) is 21.7. The summed E-state index contributed by atoms with van der Waals surface area (Å²) in [4.78, 5) is 29.7. The van der Waals surface area contributed by atoms with Gasteiger partial charge in [-0.25, -0.2) is 9.79 Å². The third kappa shape index (κ3) is 5.18. The van der Waals surface area contributed by atoms with Crippen molar-refractivity contribution in [1.29, 1.82) is 0 Å². The van der Waals surface area contributed by atoms with Crippen molar-refractivity contribution >= 4 is 35.5 Å². The molecule has 0 N–H and O–H groups in total. The number of ether oxygens (including phenoxy) is 3. The molecule has 0 aromatic heterocycles. The summed E-state index contributed by atoms with van der Waals surface area (Å²) in [6, 6.07) is 12.0. The quantitative estimate of drug-likeness (QED) is 0.498. The third-order valence-electron chi connectivity index (χ3n) is 4.13. The van der Waals surface area contributed by atoms with Crippen LogP contribution in [0.1, 0.15) is 18.1 Å². The maximum atomic E-state index is 12.2. The molecule has 1 aliphatic heterocycles. The molecule has 0 fully saturated rings. The van der Waals surface area contributed by atoms with Crippen molar-refractivity contribution in [2.75, 3.05) is 27.3 Å². The van der Waals surface area contributed by atoms with Crippen LogP contribution in [0.5, 0.6) is 11.5 Å². The fourth-order valence-electron chi connectivity index (χ4n) is 2.55. The lowest BCUT2D eigenvalue weighted by Gasteiger charge is -2.14. The summed E-state index contributed by atoms with van der Waals surface area (Å²) in [6.07, 6.45) is 1.60. The van der Waals surface area contributed by atoms with Crippen molar-refractivity contribution in [2.24, 2.45) is 4.99 Å². The number of rotatable bonds is 7. The number of aliphatic imine (C=N–C) groups is 1. The molecular formula is C22H21ClN2O5. The van der Waals surface area contributed by atoms with Crippen LogP contribution in [0.4, 0.5) is 0 Å². The topological polar surface area (TPSA) is 77.4 Å². The lowest BCUT2D eigenvalue weighted by molar-refractivity contribution is -0.131. The van der Waals surface area contributed by atoms with Crippen LogP contribution in [0.3, 0.4) is 0 Å². The molecule has 1 aliphatic rings. The molecule has 7 nitrogen and oxygen atoms in total. The molecule has 0 unspecified atom stereocenters. The first-order valence-corrected chi connectivity index (χ1v) is 9.63. The van der Waals surface area contributed by atoms with Gasteiger partial charge in [-0.2, -0.15) is 0 Å². The van der Waals surface area contributed by atoms with E-state index in [1.54, 1.807) is 62.6 Å². The van der Waals surface area contributed by atoms with E-state index < -0.39 is 5.97 Å². The molecule has 3 rings (SSSR count). The molecule has 1 amide bonds. The van der Waals surface area contributed by atoms with Gasteiger partial charge >= 0.3 is 5.97 Å². The van der Waals surface area contributed by atoms with Gasteiger partial charge in [-0.15, -0.1) is 0 Å². The Labute approximate surface area is 179 Å². The minimum Gasteiger partial charge on any atom is -0.490 e. The maximum absolute atomic E-state index is 12.2. The predicted molar refractivity (Wildman–Crippen MR) is 114 cm³/mol. The lowest BCUT2D eigenvalue weighted by Crippen LogP contribution is -2.27. The largest absolute Gasteiger partial charge is 0.490 e. The molecule has 1 heterocycles. The molecule has 0 aliphatic carbocycles. The van der Waals surface area contributed by atoms with Gasteiger partial charge in [0.25, 0.3) is 5.91 Å². The Hall–Kier alpha value is -3.32. The van der Waals surface area contributed by atoms with E-state index in [1.165, 1.54) is 4.90 Å². The number of cyclic esters (lactones) is 1. The Morgan fingerprint density at radius 1 is 1.13 bits per heavy atom. The Balaban J connectivity index is 1.83. The smallest absolute Gasteiger partial charge is 0.363 e. The molecule has 0 atom stereocenters. The molecule has 156 valence electrons. The van der Waals surface area contributed by atoms with Crippen molar-refractivity contribution in [1.82, 2.24) is 4.90 Å². The summed E-state index contributed by atoms with van der Waals surface area (Å²) in [5, 5.41) is 0.581. The number of hydrogen-bond donors (Lipinski definition) is 0. The Kier molecular flexibility index (Phi) is 6.74. The second kappa shape index (κ2) is 9.45. The number of nitrogens with zero attached hydrogens (tertiary/aromatic N) is 2. The summed E-state index contributed by atoms with van der Waals surface area (Å²) in [7, 11) is 3.31. The first-order valence-electron chi connectivity index (χ1n) is 9.25. The van der Waals surface area contributed by atoms with E-state index in [9.17, 15) is 9.59 Å². The normalized spacial score (nSPS) is 14.3. The first-order chi connectivity index (χ1) is 14.4. The molecule has 2 aromatic carbocycles. The van der Waals surface area contributed by atoms with E-state index in [-0.39, 0.29) is 24.1 Å². The first kappa shape index (κ1) is 21.4. The number of carbonyl (C=O) groups excluding carboxylic acids is 2. The average Bonchev–Trinajstić information content (AvgIpc) is 3.08. The molecule has 2 aromatic rings. The summed E-state index contributed by atoms with van der Waals surface area (Å²) in [5.41, 5.74) is 1.50. The van der Waals surface area contributed by atoms with Crippen molar-refractivity contribution in [3.63, 3.8) is 0 Å². The zero-order valence-corrected chi connectivity index (χ0v) is 17.6. The molecule has 0 saturated carbocycles. The molecule has 0 spiro atoms. The summed E-state index contributed by atoms with van der Waals surface area (Å²) >= 11 is 5.89. The van der Waals surface area contributed by atoms with Gasteiger partial charge in [0.2, 0.25) is 5.90 Å². The molecule has 8 heteroatoms. The van der Waals surface area contributed by atoms with Gasteiger partial charge in [0, 0.05) is 24.7 Å². The van der Waals surface area contributed by atoms with Gasteiger partial charge in [0.1, 0.15) is 0 Å². The molecule has 0 bridgehead atoms. The number of likely N-dealkylation sites (N-methyl/N-ethyl adjacent to an activating group) is 1. The van der Waals surface area contributed by atoms with E-state index in [2.05, 4.69) is 4.99 Å². The highest BCUT2D eigenvalue weighted by molar-refractivity contribution is 6.30. The van der Waals surface area contributed by atoms with Crippen LogP contribution in [0, 0.1) is 0 Å². The number of hydrogen-bond acceptors (Lipinski definition) is 6. The summed E-state index contributed by atoms with van der Waals surface area (Å²) in [5.74, 6) is 0.409. The molecule has 30 heavy (non-hydrogen) atoms. The van der Waals surface area contributed by atoms with Crippen molar-refractivity contribution in [3.8, 4) is 11.5 Å². The van der Waals surface area contributed by atoms with Gasteiger partial charge in [-0.1, -0.05) is 17.7 Å². The van der Waals surface area contributed by atoms with Crippen LogP contribution in [-0.2, 0) is 14.3 Å². The van der Waals surface area contributed by atoms with Crippen LogP contribution < -0.4 is 9.47 Å². The summed E-state index contributed by atoms with van der Waals surface area (Å²) < 4.78 is 16.5. The van der Waals surface area contributed by atoms with Crippen molar-refractivity contribution < 1.29 is 23.8 Å². The standard InChI is InChI=1S/C22H21ClN2O5/c1-4-28-19-12-14(5-10-18(19)29-13-20(26)25(2)3)11-17-22(27)30-21(24-17)15-6-8-16(23)9-7-15/h5-12H,4,13H2,1-3H3/b17-11+. The van der Waals surface area contributed by atoms with E-state index in [4.69, 9.17) is 25.8 Å². The molecule has 0 radical (unpaired) electrons. The second-order valence-corrected chi connectivity index (χ2v) is 7.00. The van der Waals surface area contributed by atoms with Crippen LogP contribution in [0.2, 0.25) is 5.02 Å². The predicted octanol–water partition coefficient (Wildman–Crippen LogP) is 3.55.